The van der Waals surface area contributed by atoms with Gasteiger partial charge in [-0.15, -0.1) is 0 Å². The molecule has 0 heterocycles. The summed E-state index contributed by atoms with van der Waals surface area (Å²) in [6.45, 7) is 1.86. The molecule has 2 N–H and O–H groups in total. The Kier molecular flexibility index (Phi) is 5.98. The maximum absolute atomic E-state index is 11.6. The van der Waals surface area contributed by atoms with Crippen LogP contribution in [0.15, 0.2) is 30.3 Å². The van der Waals surface area contributed by atoms with E-state index in [1.807, 2.05) is 6.07 Å². The van der Waals surface area contributed by atoms with E-state index < -0.39 is 11.9 Å². The summed E-state index contributed by atoms with van der Waals surface area (Å²) in [4.78, 5) is 22.4. The van der Waals surface area contributed by atoms with Crippen LogP contribution in [-0.4, -0.2) is 23.5 Å². The smallest absolute Gasteiger partial charge is 0.308 e. The van der Waals surface area contributed by atoms with Gasteiger partial charge in [0.05, 0.1) is 17.6 Å². The molecular weight excluding hydrogens is 256 g/mol. The number of carbonyl (C=O) groups is 2. The number of nitrogens with zero attached hydrogens (tertiary/aromatic N) is 1. The Hall–Kier alpha value is -2.61. The first-order chi connectivity index (χ1) is 9.56. The Balaban J connectivity index is 2.55. The van der Waals surface area contributed by atoms with Crippen molar-refractivity contribution in [2.24, 2.45) is 5.92 Å². The second kappa shape index (κ2) is 7.74. The normalized spacial score (nSPS) is 11.8. The van der Waals surface area contributed by atoms with Crippen LogP contribution in [0.1, 0.15) is 24.5 Å². The fourth-order valence-electron chi connectivity index (χ4n) is 1.57. The molecule has 0 bridgehead atoms. The van der Waals surface area contributed by atoms with Crippen LogP contribution in [0, 0.1) is 17.2 Å². The molecule has 5 nitrogen and oxygen atoms in total. The van der Waals surface area contributed by atoms with Crippen molar-refractivity contribution in [2.75, 3.05) is 6.54 Å². The van der Waals surface area contributed by atoms with Crippen molar-refractivity contribution < 1.29 is 14.7 Å². The number of carboxylic acid groups (broad SMARTS) is 1. The molecule has 0 aromatic heterocycles. The first-order valence-electron chi connectivity index (χ1n) is 6.25. The van der Waals surface area contributed by atoms with Crippen molar-refractivity contribution in [3.63, 3.8) is 0 Å². The van der Waals surface area contributed by atoms with Gasteiger partial charge in [0, 0.05) is 12.6 Å². The number of benzene rings is 1. The number of rotatable bonds is 6. The third-order valence-corrected chi connectivity index (χ3v) is 2.81. The maximum atomic E-state index is 11.6. The molecule has 1 atom stereocenters. The fourth-order valence-corrected chi connectivity index (χ4v) is 1.57. The van der Waals surface area contributed by atoms with E-state index in [1.54, 1.807) is 37.3 Å². The summed E-state index contributed by atoms with van der Waals surface area (Å²) in [6, 6.07) is 8.86. The number of hydrogen-bond acceptors (Lipinski definition) is 3. The maximum Gasteiger partial charge on any atom is 0.308 e. The molecule has 20 heavy (non-hydrogen) atoms. The number of nitriles is 1. The molecule has 1 unspecified atom stereocenters. The lowest BCUT2D eigenvalue weighted by atomic mass is 10.1. The van der Waals surface area contributed by atoms with Gasteiger partial charge in [0.1, 0.15) is 0 Å². The van der Waals surface area contributed by atoms with Crippen molar-refractivity contribution in [2.45, 2.75) is 13.3 Å². The van der Waals surface area contributed by atoms with Crippen molar-refractivity contribution in [1.29, 1.82) is 5.26 Å². The van der Waals surface area contributed by atoms with Gasteiger partial charge in [0.15, 0.2) is 0 Å². The van der Waals surface area contributed by atoms with Crippen molar-refractivity contribution in [1.82, 2.24) is 5.32 Å². The molecule has 104 valence electrons. The number of aliphatic carboxylic acids is 1. The zero-order valence-corrected chi connectivity index (χ0v) is 11.2. The summed E-state index contributed by atoms with van der Waals surface area (Å²) in [7, 11) is 0. The third-order valence-electron chi connectivity index (χ3n) is 2.81. The molecule has 0 saturated heterocycles. The predicted octanol–water partition coefficient (Wildman–Crippen LogP) is 1.80. The summed E-state index contributed by atoms with van der Waals surface area (Å²) in [5.74, 6) is -1.85. The topological polar surface area (TPSA) is 90.2 Å². The molecule has 0 radical (unpaired) electrons. The van der Waals surface area contributed by atoms with Crippen molar-refractivity contribution in [3.8, 4) is 6.07 Å². The van der Waals surface area contributed by atoms with Gasteiger partial charge in [-0.2, -0.15) is 5.26 Å². The molecule has 1 aromatic carbocycles. The Morgan fingerprint density at radius 3 is 2.85 bits per heavy atom. The zero-order chi connectivity index (χ0) is 15.0. The van der Waals surface area contributed by atoms with Gasteiger partial charge >= 0.3 is 5.97 Å². The lowest BCUT2D eigenvalue weighted by Gasteiger charge is -2.09. The SMILES string of the molecule is CCC(CNC(=O)C=Cc1cccc(C#N)c1)C(=O)O. The highest BCUT2D eigenvalue weighted by Crippen LogP contribution is 2.06. The summed E-state index contributed by atoms with van der Waals surface area (Å²) < 4.78 is 0. The standard InChI is InChI=1S/C15H16N2O3/c1-2-13(15(19)20)10-17-14(18)7-6-11-4-3-5-12(8-11)9-16/h3-8,13H,2,10H2,1H3,(H,17,18)(H,19,20). The average molecular weight is 272 g/mol. The van der Waals surface area contributed by atoms with Crippen LogP contribution in [0.2, 0.25) is 0 Å². The van der Waals surface area contributed by atoms with Gasteiger partial charge in [-0.25, -0.2) is 0 Å². The number of hydrogen-bond donors (Lipinski definition) is 2. The van der Waals surface area contributed by atoms with E-state index in [9.17, 15) is 9.59 Å². The Labute approximate surface area is 117 Å². The largest absolute Gasteiger partial charge is 0.481 e. The molecule has 0 aliphatic carbocycles. The summed E-state index contributed by atoms with van der Waals surface area (Å²) in [6.07, 6.45) is 3.37. The molecule has 0 fully saturated rings. The number of nitrogens with one attached hydrogen (secondary N) is 1. The molecule has 0 aliphatic rings. The number of carboxylic acids is 1. The Bertz CT molecular complexity index is 558. The van der Waals surface area contributed by atoms with Crippen LogP contribution in [0.4, 0.5) is 0 Å². The highest BCUT2D eigenvalue weighted by atomic mass is 16.4. The van der Waals surface area contributed by atoms with Gasteiger partial charge in [0.25, 0.3) is 0 Å². The number of carbonyl (C=O) groups excluding carboxylic acids is 1. The minimum Gasteiger partial charge on any atom is -0.481 e. The van der Waals surface area contributed by atoms with Crippen LogP contribution in [0.25, 0.3) is 6.08 Å². The van der Waals surface area contributed by atoms with Crippen LogP contribution < -0.4 is 5.32 Å². The first kappa shape index (κ1) is 15.4. The summed E-state index contributed by atoms with van der Waals surface area (Å²) in [5.41, 5.74) is 1.26. The van der Waals surface area contributed by atoms with E-state index in [0.717, 1.165) is 5.56 Å². The van der Waals surface area contributed by atoms with E-state index in [-0.39, 0.29) is 12.5 Å². The minimum absolute atomic E-state index is 0.104. The van der Waals surface area contributed by atoms with Crippen LogP contribution >= 0.6 is 0 Å². The molecule has 1 amide bonds. The van der Waals surface area contributed by atoms with Crippen LogP contribution in [-0.2, 0) is 9.59 Å². The van der Waals surface area contributed by atoms with E-state index in [2.05, 4.69) is 5.32 Å². The highest BCUT2D eigenvalue weighted by molar-refractivity contribution is 5.92. The lowest BCUT2D eigenvalue weighted by molar-refractivity contribution is -0.141. The second-order valence-corrected chi connectivity index (χ2v) is 4.26. The van der Waals surface area contributed by atoms with E-state index in [0.29, 0.717) is 12.0 Å². The fraction of sp³-hybridized carbons (Fsp3) is 0.267. The molecular formula is C15H16N2O3. The molecule has 1 aromatic rings. The highest BCUT2D eigenvalue weighted by Gasteiger charge is 2.14. The second-order valence-electron chi connectivity index (χ2n) is 4.26. The Morgan fingerprint density at radius 1 is 1.50 bits per heavy atom. The Morgan fingerprint density at radius 2 is 2.25 bits per heavy atom. The van der Waals surface area contributed by atoms with E-state index in [1.165, 1.54) is 6.08 Å². The van der Waals surface area contributed by atoms with Crippen molar-refractivity contribution >= 4 is 18.0 Å². The summed E-state index contributed by atoms with van der Waals surface area (Å²) >= 11 is 0. The average Bonchev–Trinajstić information content (AvgIpc) is 2.45. The number of amides is 1. The van der Waals surface area contributed by atoms with Gasteiger partial charge in [-0.3, -0.25) is 9.59 Å². The molecule has 0 spiro atoms. The predicted molar refractivity (Wildman–Crippen MR) is 74.6 cm³/mol. The molecule has 0 saturated carbocycles. The van der Waals surface area contributed by atoms with Gasteiger partial charge in [0.2, 0.25) is 5.91 Å². The first-order valence-corrected chi connectivity index (χ1v) is 6.25. The van der Waals surface area contributed by atoms with E-state index in [4.69, 9.17) is 10.4 Å². The third kappa shape index (κ3) is 4.94. The van der Waals surface area contributed by atoms with Gasteiger partial charge in [-0.05, 0) is 30.2 Å². The lowest BCUT2D eigenvalue weighted by Crippen LogP contribution is -2.31. The molecule has 5 heteroatoms. The van der Waals surface area contributed by atoms with Crippen molar-refractivity contribution in [3.05, 3.63) is 41.5 Å². The van der Waals surface area contributed by atoms with Crippen LogP contribution in [0.3, 0.4) is 0 Å². The molecule has 1 rings (SSSR count). The van der Waals surface area contributed by atoms with E-state index >= 15 is 0 Å². The quantitative estimate of drug-likeness (QED) is 0.772. The molecule has 0 aliphatic heterocycles. The van der Waals surface area contributed by atoms with Gasteiger partial charge < -0.3 is 10.4 Å². The summed E-state index contributed by atoms with van der Waals surface area (Å²) in [5, 5.41) is 20.1. The van der Waals surface area contributed by atoms with Crippen LogP contribution in [0.5, 0.6) is 0 Å². The zero-order valence-electron chi connectivity index (χ0n) is 11.2. The monoisotopic (exact) mass is 272 g/mol. The minimum atomic E-state index is -0.918. The van der Waals surface area contributed by atoms with Gasteiger partial charge in [-0.1, -0.05) is 19.1 Å².